The Balaban J connectivity index is 1.65. The standard InChI is InChI=1S/C16H21N3OS/c1-20-10-15-11-21-16(19-15)13-2-3-14(18-9-13)8-12-4-6-17-7-5-12/h2-3,9,11-12,17H,4-8,10H2,1H3. The normalized spacial score (nSPS) is 16.2. The van der Waals surface area contributed by atoms with Crippen LogP contribution in [0.5, 0.6) is 0 Å². The fraction of sp³-hybridized carbons (Fsp3) is 0.500. The van der Waals surface area contributed by atoms with Crippen molar-refractivity contribution in [2.24, 2.45) is 5.92 Å². The minimum Gasteiger partial charge on any atom is -0.378 e. The number of methoxy groups -OCH3 is 1. The van der Waals surface area contributed by atoms with Gasteiger partial charge in [0, 0.05) is 29.9 Å². The molecule has 0 saturated carbocycles. The Labute approximate surface area is 129 Å². The number of pyridine rings is 1. The molecule has 0 amide bonds. The average Bonchev–Trinajstić information content (AvgIpc) is 2.98. The molecule has 21 heavy (non-hydrogen) atoms. The third-order valence-electron chi connectivity index (χ3n) is 3.87. The third-order valence-corrected chi connectivity index (χ3v) is 4.81. The first-order chi connectivity index (χ1) is 10.3. The van der Waals surface area contributed by atoms with Gasteiger partial charge in [0.15, 0.2) is 0 Å². The van der Waals surface area contributed by atoms with Crippen molar-refractivity contribution in [3.8, 4) is 10.6 Å². The lowest BCUT2D eigenvalue weighted by molar-refractivity contribution is 0.182. The molecule has 1 saturated heterocycles. The summed E-state index contributed by atoms with van der Waals surface area (Å²) in [5, 5.41) is 6.47. The first-order valence-corrected chi connectivity index (χ1v) is 8.32. The van der Waals surface area contributed by atoms with Gasteiger partial charge in [-0.05, 0) is 50.4 Å². The molecule has 0 aromatic carbocycles. The Morgan fingerprint density at radius 3 is 2.86 bits per heavy atom. The fourth-order valence-corrected chi connectivity index (χ4v) is 3.50. The highest BCUT2D eigenvalue weighted by molar-refractivity contribution is 7.13. The Morgan fingerprint density at radius 1 is 1.29 bits per heavy atom. The second-order valence-corrected chi connectivity index (χ2v) is 6.37. The summed E-state index contributed by atoms with van der Waals surface area (Å²) >= 11 is 1.64. The summed E-state index contributed by atoms with van der Waals surface area (Å²) in [5.41, 5.74) is 3.27. The maximum Gasteiger partial charge on any atom is 0.125 e. The van der Waals surface area contributed by atoms with Crippen molar-refractivity contribution in [1.29, 1.82) is 0 Å². The number of aromatic nitrogens is 2. The van der Waals surface area contributed by atoms with Gasteiger partial charge in [-0.1, -0.05) is 0 Å². The van der Waals surface area contributed by atoms with Crippen LogP contribution in [-0.2, 0) is 17.8 Å². The van der Waals surface area contributed by atoms with Gasteiger partial charge in [-0.15, -0.1) is 11.3 Å². The van der Waals surface area contributed by atoms with E-state index in [0.717, 1.165) is 41.7 Å². The number of thiazole rings is 1. The Bertz CT molecular complexity index is 561. The maximum atomic E-state index is 5.10. The molecular formula is C16H21N3OS. The molecule has 1 N–H and O–H groups in total. The van der Waals surface area contributed by atoms with E-state index >= 15 is 0 Å². The van der Waals surface area contributed by atoms with E-state index in [9.17, 15) is 0 Å². The molecule has 2 aromatic heterocycles. The first kappa shape index (κ1) is 14.6. The number of piperidine rings is 1. The molecular weight excluding hydrogens is 282 g/mol. The predicted molar refractivity (Wildman–Crippen MR) is 85.4 cm³/mol. The lowest BCUT2D eigenvalue weighted by Crippen LogP contribution is -2.28. The van der Waals surface area contributed by atoms with Gasteiger partial charge in [-0.2, -0.15) is 0 Å². The number of ether oxygens (including phenoxy) is 1. The van der Waals surface area contributed by atoms with E-state index in [-0.39, 0.29) is 0 Å². The zero-order valence-corrected chi connectivity index (χ0v) is 13.2. The molecule has 3 heterocycles. The van der Waals surface area contributed by atoms with E-state index in [2.05, 4.69) is 27.4 Å². The van der Waals surface area contributed by atoms with Crippen molar-refractivity contribution in [2.45, 2.75) is 25.9 Å². The van der Waals surface area contributed by atoms with Crippen LogP contribution in [0.25, 0.3) is 10.6 Å². The van der Waals surface area contributed by atoms with Crippen LogP contribution in [0.4, 0.5) is 0 Å². The van der Waals surface area contributed by atoms with Crippen LogP contribution >= 0.6 is 11.3 Å². The number of hydrogen-bond donors (Lipinski definition) is 1. The Kier molecular flexibility index (Phi) is 4.95. The molecule has 0 spiro atoms. The maximum absolute atomic E-state index is 5.10. The van der Waals surface area contributed by atoms with Crippen LogP contribution in [-0.4, -0.2) is 30.2 Å². The smallest absolute Gasteiger partial charge is 0.125 e. The highest BCUT2D eigenvalue weighted by Crippen LogP contribution is 2.24. The van der Waals surface area contributed by atoms with Gasteiger partial charge in [-0.25, -0.2) is 4.98 Å². The van der Waals surface area contributed by atoms with Gasteiger partial charge in [0.25, 0.3) is 0 Å². The molecule has 2 aromatic rings. The van der Waals surface area contributed by atoms with Gasteiger partial charge < -0.3 is 10.1 Å². The third kappa shape index (κ3) is 3.87. The largest absolute Gasteiger partial charge is 0.378 e. The van der Waals surface area contributed by atoms with E-state index in [1.165, 1.54) is 18.5 Å². The van der Waals surface area contributed by atoms with E-state index in [0.29, 0.717) is 6.61 Å². The Morgan fingerprint density at radius 2 is 2.14 bits per heavy atom. The molecule has 1 aliphatic rings. The van der Waals surface area contributed by atoms with Crippen molar-refractivity contribution in [3.63, 3.8) is 0 Å². The minimum atomic E-state index is 0.567. The number of nitrogens with zero attached hydrogens (tertiary/aromatic N) is 2. The van der Waals surface area contributed by atoms with Crippen molar-refractivity contribution in [1.82, 2.24) is 15.3 Å². The first-order valence-electron chi connectivity index (χ1n) is 7.44. The average molecular weight is 303 g/mol. The summed E-state index contributed by atoms with van der Waals surface area (Å²) in [7, 11) is 1.69. The topological polar surface area (TPSA) is 47.0 Å². The summed E-state index contributed by atoms with van der Waals surface area (Å²) in [6, 6.07) is 4.29. The van der Waals surface area contributed by atoms with E-state index < -0.39 is 0 Å². The highest BCUT2D eigenvalue weighted by atomic mass is 32.1. The van der Waals surface area contributed by atoms with Crippen molar-refractivity contribution in [2.75, 3.05) is 20.2 Å². The fourth-order valence-electron chi connectivity index (χ4n) is 2.71. The monoisotopic (exact) mass is 303 g/mol. The summed E-state index contributed by atoms with van der Waals surface area (Å²) in [5.74, 6) is 0.776. The highest BCUT2D eigenvalue weighted by Gasteiger charge is 2.14. The molecule has 0 atom stereocenters. The molecule has 0 unspecified atom stereocenters. The second kappa shape index (κ2) is 7.11. The number of rotatable bonds is 5. The minimum absolute atomic E-state index is 0.567. The summed E-state index contributed by atoms with van der Waals surface area (Å²) in [6.07, 6.45) is 5.56. The molecule has 0 aliphatic carbocycles. The predicted octanol–water partition coefficient (Wildman–Crippen LogP) is 2.89. The molecule has 4 nitrogen and oxygen atoms in total. The number of nitrogens with one attached hydrogen (secondary N) is 1. The summed E-state index contributed by atoms with van der Waals surface area (Å²) in [6.45, 7) is 2.85. The zero-order valence-electron chi connectivity index (χ0n) is 12.3. The zero-order chi connectivity index (χ0) is 14.5. The van der Waals surface area contributed by atoms with Gasteiger partial charge >= 0.3 is 0 Å². The van der Waals surface area contributed by atoms with Crippen LogP contribution in [0, 0.1) is 5.92 Å². The van der Waals surface area contributed by atoms with Gasteiger partial charge in [0.2, 0.25) is 0 Å². The molecule has 0 radical (unpaired) electrons. The second-order valence-electron chi connectivity index (χ2n) is 5.51. The molecule has 3 rings (SSSR count). The van der Waals surface area contributed by atoms with Crippen LogP contribution in [0.15, 0.2) is 23.7 Å². The van der Waals surface area contributed by atoms with Crippen molar-refractivity contribution < 1.29 is 4.74 Å². The van der Waals surface area contributed by atoms with Crippen LogP contribution < -0.4 is 5.32 Å². The van der Waals surface area contributed by atoms with Crippen LogP contribution in [0.1, 0.15) is 24.2 Å². The molecule has 112 valence electrons. The summed E-state index contributed by atoms with van der Waals surface area (Å²) in [4.78, 5) is 9.18. The van der Waals surface area contributed by atoms with E-state index in [1.54, 1.807) is 18.4 Å². The molecule has 5 heteroatoms. The van der Waals surface area contributed by atoms with Crippen molar-refractivity contribution >= 4 is 11.3 Å². The lowest BCUT2D eigenvalue weighted by atomic mass is 9.93. The van der Waals surface area contributed by atoms with Crippen LogP contribution in [0.3, 0.4) is 0 Å². The van der Waals surface area contributed by atoms with Gasteiger partial charge in [-0.3, -0.25) is 4.98 Å². The van der Waals surface area contributed by atoms with E-state index in [4.69, 9.17) is 4.74 Å². The van der Waals surface area contributed by atoms with Crippen LogP contribution in [0.2, 0.25) is 0 Å². The quantitative estimate of drug-likeness (QED) is 0.922. The molecule has 1 aliphatic heterocycles. The lowest BCUT2D eigenvalue weighted by Gasteiger charge is -2.22. The SMILES string of the molecule is COCc1csc(-c2ccc(CC3CCNCC3)nc2)n1. The Hall–Kier alpha value is -1.30. The molecule has 1 fully saturated rings. The summed E-state index contributed by atoms with van der Waals surface area (Å²) < 4.78 is 5.10. The molecule has 0 bridgehead atoms. The van der Waals surface area contributed by atoms with Gasteiger partial charge in [0.1, 0.15) is 5.01 Å². The van der Waals surface area contributed by atoms with E-state index in [1.807, 2.05) is 11.6 Å². The van der Waals surface area contributed by atoms with Crippen molar-refractivity contribution in [3.05, 3.63) is 35.1 Å². The van der Waals surface area contributed by atoms with Gasteiger partial charge in [0.05, 0.1) is 12.3 Å². The number of hydrogen-bond acceptors (Lipinski definition) is 5.